The summed E-state index contributed by atoms with van der Waals surface area (Å²) in [5.74, 6) is 1.22. The Bertz CT molecular complexity index is 339. The molecular formula is C11H20N3O2+. The van der Waals surface area contributed by atoms with Crippen LogP contribution in [0, 0.1) is 0 Å². The second-order valence-corrected chi connectivity index (χ2v) is 4.05. The Labute approximate surface area is 96.2 Å². The smallest absolute Gasteiger partial charge is 0.409 e. The number of hydrogen-bond donors (Lipinski definition) is 0. The van der Waals surface area contributed by atoms with E-state index in [1.54, 1.807) is 14.1 Å². The first-order valence-corrected chi connectivity index (χ1v) is 5.36. The third-order valence-electron chi connectivity index (χ3n) is 2.46. The monoisotopic (exact) mass is 226 g/mol. The van der Waals surface area contributed by atoms with Gasteiger partial charge in [0.15, 0.2) is 0 Å². The molecule has 0 saturated heterocycles. The molecule has 90 valence electrons. The fourth-order valence-electron chi connectivity index (χ4n) is 1.49. The Morgan fingerprint density at radius 2 is 2.25 bits per heavy atom. The Hall–Kier alpha value is -1.52. The zero-order valence-corrected chi connectivity index (χ0v) is 10.4. The Balaban J connectivity index is 2.29. The second-order valence-electron chi connectivity index (χ2n) is 4.05. The van der Waals surface area contributed by atoms with Crippen molar-refractivity contribution in [2.75, 3.05) is 20.7 Å². The molecule has 0 spiro atoms. The standard InChI is InChI=1S/C11H20N3O2/c1-12(2)11(15)16-9-5-6-10-13(3)7-8-14(10)4/h7-8H,5-6,9H2,1-4H3/q+1. The molecule has 0 bridgehead atoms. The van der Waals surface area contributed by atoms with Gasteiger partial charge in [0.05, 0.1) is 27.1 Å². The number of ether oxygens (including phenoxy) is 1. The summed E-state index contributed by atoms with van der Waals surface area (Å²) in [6.07, 6.45) is 5.49. The fourth-order valence-corrected chi connectivity index (χ4v) is 1.49. The van der Waals surface area contributed by atoms with Gasteiger partial charge in [0, 0.05) is 14.1 Å². The van der Waals surface area contributed by atoms with Gasteiger partial charge in [-0.15, -0.1) is 0 Å². The van der Waals surface area contributed by atoms with E-state index in [4.69, 9.17) is 4.74 Å². The average Bonchev–Trinajstić information content (AvgIpc) is 2.54. The second kappa shape index (κ2) is 5.53. The summed E-state index contributed by atoms with van der Waals surface area (Å²) in [7, 11) is 7.39. The van der Waals surface area contributed by atoms with Gasteiger partial charge in [-0.05, 0) is 6.42 Å². The van der Waals surface area contributed by atoms with Crippen LogP contribution in [0.4, 0.5) is 4.79 Å². The highest BCUT2D eigenvalue weighted by Crippen LogP contribution is 1.98. The highest BCUT2D eigenvalue weighted by molar-refractivity contribution is 5.66. The largest absolute Gasteiger partial charge is 0.449 e. The van der Waals surface area contributed by atoms with E-state index in [0.717, 1.165) is 12.8 Å². The maximum absolute atomic E-state index is 11.1. The molecule has 1 aromatic heterocycles. The molecule has 0 aliphatic rings. The van der Waals surface area contributed by atoms with Crippen LogP contribution in [0.2, 0.25) is 0 Å². The van der Waals surface area contributed by atoms with Crippen molar-refractivity contribution in [1.82, 2.24) is 9.47 Å². The van der Waals surface area contributed by atoms with Crippen molar-refractivity contribution in [3.8, 4) is 0 Å². The molecule has 1 amide bonds. The molecule has 0 fully saturated rings. The molecule has 5 heteroatoms. The number of aryl methyl sites for hydroxylation is 2. The normalized spacial score (nSPS) is 10.2. The number of nitrogens with zero attached hydrogens (tertiary/aromatic N) is 3. The lowest BCUT2D eigenvalue weighted by molar-refractivity contribution is -0.678. The molecule has 1 rings (SSSR count). The van der Waals surface area contributed by atoms with Crippen LogP contribution in [0.5, 0.6) is 0 Å². The van der Waals surface area contributed by atoms with E-state index in [1.807, 2.05) is 26.5 Å². The molecule has 0 aromatic carbocycles. The van der Waals surface area contributed by atoms with Crippen molar-refractivity contribution < 1.29 is 14.1 Å². The van der Waals surface area contributed by atoms with Gasteiger partial charge in [0.25, 0.3) is 5.82 Å². The Morgan fingerprint density at radius 1 is 1.56 bits per heavy atom. The van der Waals surface area contributed by atoms with E-state index in [1.165, 1.54) is 10.7 Å². The number of carbonyl (C=O) groups is 1. The first kappa shape index (κ1) is 12.5. The Kier molecular flexibility index (Phi) is 4.34. The minimum Gasteiger partial charge on any atom is -0.449 e. The van der Waals surface area contributed by atoms with Crippen LogP contribution >= 0.6 is 0 Å². The molecule has 5 nitrogen and oxygen atoms in total. The topological polar surface area (TPSA) is 38.4 Å². The third-order valence-corrected chi connectivity index (χ3v) is 2.46. The van der Waals surface area contributed by atoms with Crippen molar-refractivity contribution in [3.63, 3.8) is 0 Å². The molecule has 0 radical (unpaired) electrons. The lowest BCUT2D eigenvalue weighted by atomic mass is 10.3. The van der Waals surface area contributed by atoms with Gasteiger partial charge < -0.3 is 9.64 Å². The molecule has 0 aliphatic carbocycles. The summed E-state index contributed by atoms with van der Waals surface area (Å²) in [5, 5.41) is 0. The number of aromatic nitrogens is 2. The van der Waals surface area contributed by atoms with Crippen molar-refractivity contribution >= 4 is 6.09 Å². The summed E-state index contributed by atoms with van der Waals surface area (Å²) >= 11 is 0. The van der Waals surface area contributed by atoms with Gasteiger partial charge >= 0.3 is 6.09 Å². The predicted molar refractivity (Wildman–Crippen MR) is 59.9 cm³/mol. The molecular weight excluding hydrogens is 206 g/mol. The number of amides is 1. The zero-order chi connectivity index (χ0) is 12.1. The lowest BCUT2D eigenvalue weighted by Gasteiger charge is -2.10. The van der Waals surface area contributed by atoms with E-state index in [9.17, 15) is 4.79 Å². The van der Waals surface area contributed by atoms with Crippen molar-refractivity contribution in [2.24, 2.45) is 14.1 Å². The van der Waals surface area contributed by atoms with Crippen molar-refractivity contribution in [2.45, 2.75) is 12.8 Å². The minimum atomic E-state index is -0.281. The highest BCUT2D eigenvalue weighted by Gasteiger charge is 2.11. The summed E-state index contributed by atoms with van der Waals surface area (Å²) in [6, 6.07) is 0. The molecule has 1 aromatic rings. The van der Waals surface area contributed by atoms with Crippen LogP contribution in [-0.2, 0) is 25.3 Å². The van der Waals surface area contributed by atoms with E-state index in [-0.39, 0.29) is 6.09 Å². The van der Waals surface area contributed by atoms with Gasteiger partial charge in [-0.1, -0.05) is 0 Å². The molecule has 0 unspecified atom stereocenters. The van der Waals surface area contributed by atoms with Gasteiger partial charge in [-0.2, -0.15) is 0 Å². The van der Waals surface area contributed by atoms with E-state index in [2.05, 4.69) is 9.13 Å². The quantitative estimate of drug-likeness (QED) is 0.553. The average molecular weight is 226 g/mol. The van der Waals surface area contributed by atoms with Crippen molar-refractivity contribution in [1.29, 1.82) is 0 Å². The SMILES string of the molecule is CN(C)C(=O)OCCCc1n(C)cc[n+]1C. The summed E-state index contributed by atoms with van der Waals surface area (Å²) < 4.78 is 9.20. The number of imidazole rings is 1. The van der Waals surface area contributed by atoms with E-state index >= 15 is 0 Å². The first-order valence-electron chi connectivity index (χ1n) is 5.36. The number of carbonyl (C=O) groups excluding carboxylic acids is 1. The number of rotatable bonds is 4. The lowest BCUT2D eigenvalue weighted by Crippen LogP contribution is -2.32. The van der Waals surface area contributed by atoms with Crippen LogP contribution < -0.4 is 4.57 Å². The van der Waals surface area contributed by atoms with Gasteiger partial charge in [-0.3, -0.25) is 0 Å². The maximum Gasteiger partial charge on any atom is 0.409 e. The fraction of sp³-hybridized carbons (Fsp3) is 0.636. The summed E-state index contributed by atoms with van der Waals surface area (Å²) in [5.41, 5.74) is 0. The van der Waals surface area contributed by atoms with Crippen molar-refractivity contribution in [3.05, 3.63) is 18.2 Å². The van der Waals surface area contributed by atoms with Crippen LogP contribution in [0.3, 0.4) is 0 Å². The molecule has 0 N–H and O–H groups in total. The summed E-state index contributed by atoms with van der Waals surface area (Å²) in [4.78, 5) is 12.6. The summed E-state index contributed by atoms with van der Waals surface area (Å²) in [6.45, 7) is 0.461. The minimum absolute atomic E-state index is 0.281. The van der Waals surface area contributed by atoms with Gasteiger partial charge in [-0.25, -0.2) is 13.9 Å². The highest BCUT2D eigenvalue weighted by atomic mass is 16.6. The molecule has 0 aliphatic heterocycles. The van der Waals surface area contributed by atoms with Crippen LogP contribution in [0.15, 0.2) is 12.4 Å². The van der Waals surface area contributed by atoms with Crippen LogP contribution in [-0.4, -0.2) is 36.3 Å². The van der Waals surface area contributed by atoms with Crippen LogP contribution in [0.1, 0.15) is 12.2 Å². The third kappa shape index (κ3) is 3.25. The molecule has 1 heterocycles. The van der Waals surface area contributed by atoms with Gasteiger partial charge in [0.2, 0.25) is 0 Å². The zero-order valence-electron chi connectivity index (χ0n) is 10.4. The Morgan fingerprint density at radius 3 is 2.75 bits per heavy atom. The molecule has 0 saturated carbocycles. The van der Waals surface area contributed by atoms with Gasteiger partial charge in [0.1, 0.15) is 12.4 Å². The number of hydrogen-bond acceptors (Lipinski definition) is 2. The first-order chi connectivity index (χ1) is 7.52. The van der Waals surface area contributed by atoms with Crippen LogP contribution in [0.25, 0.3) is 0 Å². The van der Waals surface area contributed by atoms with E-state index in [0.29, 0.717) is 6.61 Å². The maximum atomic E-state index is 11.1. The molecule has 16 heavy (non-hydrogen) atoms. The predicted octanol–water partition coefficient (Wildman–Crippen LogP) is 0.480. The molecule has 0 atom stereocenters. The van der Waals surface area contributed by atoms with E-state index < -0.39 is 0 Å².